The molecule has 0 radical (unpaired) electrons. The maximum absolute atomic E-state index is 8.83. The fourth-order valence-electron chi connectivity index (χ4n) is 1.67. The molecule has 0 aliphatic heterocycles. The van der Waals surface area contributed by atoms with Crippen LogP contribution < -0.4 is 5.32 Å². The van der Waals surface area contributed by atoms with E-state index in [0.29, 0.717) is 5.56 Å². The minimum atomic E-state index is 0.646. The van der Waals surface area contributed by atoms with E-state index >= 15 is 0 Å². The molecule has 18 heavy (non-hydrogen) atoms. The molecule has 2 rings (SSSR count). The summed E-state index contributed by atoms with van der Waals surface area (Å²) in [7, 11) is 1.91. The molecule has 0 aliphatic rings. The van der Waals surface area contributed by atoms with Crippen LogP contribution in [0.5, 0.6) is 0 Å². The smallest absolute Gasteiger partial charge is 0.100 e. The van der Waals surface area contributed by atoms with Gasteiger partial charge in [0.25, 0.3) is 0 Å². The van der Waals surface area contributed by atoms with E-state index in [0.717, 1.165) is 23.1 Å². The molecule has 92 valence electrons. The maximum atomic E-state index is 8.83. The molecule has 0 fully saturated rings. The second-order valence-corrected chi connectivity index (χ2v) is 4.86. The zero-order chi connectivity index (χ0) is 13.0. The molecule has 0 saturated carbocycles. The number of nitrogens with zero attached hydrogens (tertiary/aromatic N) is 3. The number of hydrogen-bond acceptors (Lipinski definition) is 3. The molecule has 0 bridgehead atoms. The summed E-state index contributed by atoms with van der Waals surface area (Å²) in [6, 6.07) is 7.75. The normalized spacial score (nSPS) is 10.1. The Labute approximate surface area is 114 Å². The Balaban J connectivity index is 1.91. The van der Waals surface area contributed by atoms with E-state index in [1.165, 1.54) is 5.56 Å². The molecule has 0 spiro atoms. The third-order valence-electron chi connectivity index (χ3n) is 2.59. The summed E-state index contributed by atoms with van der Waals surface area (Å²) in [6.45, 7) is 0.837. The summed E-state index contributed by atoms with van der Waals surface area (Å²) >= 11 is 3.37. The lowest BCUT2D eigenvalue weighted by molar-refractivity contribution is 0.767. The number of hydrogen-bond donors (Lipinski definition) is 1. The molecule has 1 N–H and O–H groups in total. The molecule has 0 unspecified atom stereocenters. The number of rotatable bonds is 4. The van der Waals surface area contributed by atoms with Crippen LogP contribution in [0.3, 0.4) is 0 Å². The number of halogens is 1. The van der Waals surface area contributed by atoms with Gasteiger partial charge in [-0.15, -0.1) is 0 Å². The van der Waals surface area contributed by atoms with Gasteiger partial charge in [0.05, 0.1) is 11.8 Å². The lowest BCUT2D eigenvalue weighted by Gasteiger charge is -2.06. The Morgan fingerprint density at radius 3 is 2.94 bits per heavy atom. The molecule has 1 heterocycles. The number of anilines is 1. The molecule has 0 amide bonds. The van der Waals surface area contributed by atoms with E-state index < -0.39 is 0 Å². The molecule has 0 aliphatic carbocycles. The van der Waals surface area contributed by atoms with Gasteiger partial charge >= 0.3 is 0 Å². The Kier molecular flexibility index (Phi) is 4.00. The predicted octanol–water partition coefficient (Wildman–Crippen LogP) is 2.71. The largest absolute Gasteiger partial charge is 0.385 e. The first kappa shape index (κ1) is 12.7. The number of nitriles is 1. The Hall–Kier alpha value is -1.80. The van der Waals surface area contributed by atoms with Gasteiger partial charge in [0, 0.05) is 29.9 Å². The lowest BCUT2D eigenvalue weighted by Crippen LogP contribution is -2.04. The van der Waals surface area contributed by atoms with Crippen LogP contribution in [0.2, 0.25) is 0 Å². The second kappa shape index (κ2) is 5.69. The van der Waals surface area contributed by atoms with Crippen LogP contribution in [-0.4, -0.2) is 16.3 Å². The lowest BCUT2D eigenvalue weighted by atomic mass is 10.2. The quantitative estimate of drug-likeness (QED) is 0.945. The zero-order valence-electron chi connectivity index (χ0n) is 10.0. The van der Waals surface area contributed by atoms with Crippen molar-refractivity contribution >= 4 is 21.6 Å². The molecular formula is C13H13BrN4. The van der Waals surface area contributed by atoms with Crippen molar-refractivity contribution in [1.29, 1.82) is 5.26 Å². The highest BCUT2D eigenvalue weighted by molar-refractivity contribution is 9.10. The minimum Gasteiger partial charge on any atom is -0.385 e. The highest BCUT2D eigenvalue weighted by atomic mass is 79.9. The number of aromatic nitrogens is 2. The summed E-state index contributed by atoms with van der Waals surface area (Å²) in [6.07, 6.45) is 4.80. The van der Waals surface area contributed by atoms with E-state index in [9.17, 15) is 0 Å². The fraction of sp³-hybridized carbons (Fsp3) is 0.231. The highest BCUT2D eigenvalue weighted by Gasteiger charge is 2.01. The third-order valence-corrected chi connectivity index (χ3v) is 3.25. The summed E-state index contributed by atoms with van der Waals surface area (Å²) in [5, 5.41) is 16.3. The van der Waals surface area contributed by atoms with Crippen molar-refractivity contribution < 1.29 is 0 Å². The maximum Gasteiger partial charge on any atom is 0.100 e. The number of benzene rings is 1. The van der Waals surface area contributed by atoms with Gasteiger partial charge in [-0.3, -0.25) is 4.68 Å². The summed E-state index contributed by atoms with van der Waals surface area (Å²) in [4.78, 5) is 0. The van der Waals surface area contributed by atoms with Crippen LogP contribution in [0.1, 0.15) is 11.1 Å². The monoisotopic (exact) mass is 304 g/mol. The molecule has 4 nitrogen and oxygen atoms in total. The molecule has 2 aromatic rings. The van der Waals surface area contributed by atoms with Gasteiger partial charge in [-0.25, -0.2) is 0 Å². The van der Waals surface area contributed by atoms with Crippen molar-refractivity contribution in [3.8, 4) is 6.07 Å². The molecule has 5 heteroatoms. The van der Waals surface area contributed by atoms with Gasteiger partial charge in [0.15, 0.2) is 0 Å². The molecule has 0 saturated heterocycles. The first-order valence-electron chi connectivity index (χ1n) is 5.60. The molecule has 1 aromatic heterocycles. The number of aryl methyl sites for hydroxylation is 1. The van der Waals surface area contributed by atoms with Crippen molar-refractivity contribution in [2.75, 3.05) is 11.9 Å². The summed E-state index contributed by atoms with van der Waals surface area (Å²) < 4.78 is 2.62. The molecule has 0 atom stereocenters. The van der Waals surface area contributed by atoms with E-state index in [4.69, 9.17) is 5.26 Å². The van der Waals surface area contributed by atoms with E-state index in [-0.39, 0.29) is 0 Å². The Bertz CT molecular complexity index is 583. The summed E-state index contributed by atoms with van der Waals surface area (Å²) in [5.41, 5.74) is 2.86. The average Bonchev–Trinajstić information content (AvgIpc) is 2.75. The zero-order valence-corrected chi connectivity index (χ0v) is 11.6. The van der Waals surface area contributed by atoms with Crippen LogP contribution in [0, 0.1) is 11.3 Å². The second-order valence-electron chi connectivity index (χ2n) is 4.01. The third kappa shape index (κ3) is 3.11. The van der Waals surface area contributed by atoms with Gasteiger partial charge in [-0.05, 0) is 46.1 Å². The van der Waals surface area contributed by atoms with Crippen LogP contribution in [-0.2, 0) is 13.5 Å². The Morgan fingerprint density at radius 2 is 2.33 bits per heavy atom. The van der Waals surface area contributed by atoms with Gasteiger partial charge in [-0.1, -0.05) is 0 Å². The molecule has 1 aromatic carbocycles. The first-order chi connectivity index (χ1) is 8.69. The van der Waals surface area contributed by atoms with Crippen LogP contribution in [0.15, 0.2) is 35.1 Å². The first-order valence-corrected chi connectivity index (χ1v) is 6.39. The topological polar surface area (TPSA) is 53.6 Å². The van der Waals surface area contributed by atoms with Crippen molar-refractivity contribution in [1.82, 2.24) is 9.78 Å². The van der Waals surface area contributed by atoms with E-state index in [1.807, 2.05) is 31.6 Å². The Morgan fingerprint density at radius 1 is 1.50 bits per heavy atom. The van der Waals surface area contributed by atoms with E-state index in [1.54, 1.807) is 10.7 Å². The van der Waals surface area contributed by atoms with Gasteiger partial charge in [-0.2, -0.15) is 10.4 Å². The van der Waals surface area contributed by atoms with Crippen molar-refractivity contribution in [2.45, 2.75) is 6.42 Å². The van der Waals surface area contributed by atoms with Crippen LogP contribution >= 0.6 is 15.9 Å². The number of nitrogens with one attached hydrogen (secondary N) is 1. The average molecular weight is 305 g/mol. The molecular weight excluding hydrogens is 292 g/mol. The minimum absolute atomic E-state index is 0.646. The van der Waals surface area contributed by atoms with Crippen LogP contribution in [0.25, 0.3) is 0 Å². The van der Waals surface area contributed by atoms with Crippen LogP contribution in [0.4, 0.5) is 5.69 Å². The van der Waals surface area contributed by atoms with Gasteiger partial charge in [0.1, 0.15) is 6.07 Å². The van der Waals surface area contributed by atoms with Crippen molar-refractivity contribution in [2.24, 2.45) is 7.05 Å². The predicted molar refractivity (Wildman–Crippen MR) is 74.3 cm³/mol. The SMILES string of the molecule is Cn1cc(CCNc2ccc(C#N)c(Br)c2)cn1. The van der Waals surface area contributed by atoms with Gasteiger partial charge < -0.3 is 5.32 Å². The highest BCUT2D eigenvalue weighted by Crippen LogP contribution is 2.20. The van der Waals surface area contributed by atoms with Crippen molar-refractivity contribution in [3.05, 3.63) is 46.2 Å². The summed E-state index contributed by atoms with van der Waals surface area (Å²) in [5.74, 6) is 0. The van der Waals surface area contributed by atoms with Crippen molar-refractivity contribution in [3.63, 3.8) is 0 Å². The standard InChI is InChI=1S/C13H13BrN4/c1-18-9-10(8-17-18)4-5-16-12-3-2-11(7-15)13(14)6-12/h2-3,6,8-9,16H,4-5H2,1H3. The van der Waals surface area contributed by atoms with Gasteiger partial charge in [0.2, 0.25) is 0 Å². The van der Waals surface area contributed by atoms with E-state index in [2.05, 4.69) is 32.4 Å². The fourth-order valence-corrected chi connectivity index (χ4v) is 2.14.